The van der Waals surface area contributed by atoms with E-state index in [0.29, 0.717) is 113 Å². The first-order valence-electron chi connectivity index (χ1n) is 28.7. The summed E-state index contributed by atoms with van der Waals surface area (Å²) in [6, 6.07) is 45.8. The first-order chi connectivity index (χ1) is 39.9. The molecule has 1 aliphatic carbocycles. The molecule has 0 spiro atoms. The quantitative estimate of drug-likeness (QED) is 0.0979. The maximum atomic E-state index is 15.2. The second-order valence-corrected chi connectivity index (χ2v) is 22.4. The minimum Gasteiger partial charge on any atom is -0.507 e. The summed E-state index contributed by atoms with van der Waals surface area (Å²) >= 11 is 12.9. The molecule has 12 heteroatoms. The molecule has 0 aliphatic heterocycles. The summed E-state index contributed by atoms with van der Waals surface area (Å²) < 4.78 is 17.1. The van der Waals surface area contributed by atoms with Crippen LogP contribution in [0.15, 0.2) is 155 Å². The zero-order chi connectivity index (χ0) is 57.0. The van der Waals surface area contributed by atoms with Gasteiger partial charge in [0.05, 0.1) is 46.4 Å². The zero-order valence-corrected chi connectivity index (χ0v) is 48.3. The van der Waals surface area contributed by atoms with E-state index in [1.54, 1.807) is 45.5 Å². The topological polar surface area (TPSA) is 129 Å². The van der Waals surface area contributed by atoms with E-state index in [9.17, 15) is 10.2 Å². The minimum atomic E-state index is -0.255. The highest BCUT2D eigenvalue weighted by Gasteiger charge is 2.26. The number of nitrogens with zero attached hydrogens (tertiary/aromatic N) is 4. The Morgan fingerprint density at radius 3 is 1.12 bits per heavy atom. The van der Waals surface area contributed by atoms with Crippen LogP contribution in [-0.2, 0) is 38.5 Å². The van der Waals surface area contributed by atoms with E-state index in [0.717, 1.165) is 84.7 Å². The van der Waals surface area contributed by atoms with Gasteiger partial charge < -0.3 is 19.7 Å². The molecule has 0 unspecified atom stereocenters. The summed E-state index contributed by atoms with van der Waals surface area (Å²) in [5, 5.41) is 28.1. The van der Waals surface area contributed by atoms with Crippen molar-refractivity contribution in [3.8, 4) is 57.1 Å². The van der Waals surface area contributed by atoms with Gasteiger partial charge >= 0.3 is 0 Å². The highest BCUT2D eigenvalue weighted by atomic mass is 35.5. The molecule has 0 saturated carbocycles. The molecule has 0 radical (unpaired) electrons. The van der Waals surface area contributed by atoms with Gasteiger partial charge in [0, 0.05) is 69.1 Å². The van der Waals surface area contributed by atoms with Gasteiger partial charge in [0.25, 0.3) is 11.1 Å². The number of aromatic nitrogens is 4. The zero-order valence-electron chi connectivity index (χ0n) is 46.8. The summed E-state index contributed by atoms with van der Waals surface area (Å²) in [6.45, 7) is 9.29. The molecule has 10 nitrogen and oxygen atoms in total. The lowest BCUT2D eigenvalue weighted by Gasteiger charge is -2.24. The Bertz CT molecular complexity index is 3790. The van der Waals surface area contributed by atoms with Crippen molar-refractivity contribution < 1.29 is 19.7 Å². The fraction of sp³-hybridized carbons (Fsp3) is 0.257. The predicted octanol–water partition coefficient (Wildman–Crippen LogP) is 16.1. The summed E-state index contributed by atoms with van der Waals surface area (Å²) in [5.74, 6) is 2.36. The van der Waals surface area contributed by atoms with Gasteiger partial charge in [-0.2, -0.15) is 0 Å². The van der Waals surface area contributed by atoms with Crippen molar-refractivity contribution in [3.63, 3.8) is 0 Å². The lowest BCUT2D eigenvalue weighted by molar-refractivity contribution is 0.311. The molecule has 8 bridgehead atoms. The van der Waals surface area contributed by atoms with E-state index in [1.807, 2.05) is 84.9 Å². The van der Waals surface area contributed by atoms with Crippen LogP contribution in [0.25, 0.3) is 56.0 Å². The first kappa shape index (κ1) is 55.7. The number of aromatic hydroxyl groups is 2. The van der Waals surface area contributed by atoms with E-state index < -0.39 is 0 Å². The molecule has 2 aromatic heterocycles. The molecule has 82 heavy (non-hydrogen) atoms. The number of hydrogen-bond acceptors (Lipinski definition) is 8. The molecule has 1 aliphatic rings. The number of aryl methyl sites for hydroxylation is 2. The number of phenols is 2. The largest absolute Gasteiger partial charge is 0.507 e. The maximum absolute atomic E-state index is 15.2. The Balaban J connectivity index is 1.22. The number of hydrogen-bond donors (Lipinski definition) is 2. The Kier molecular flexibility index (Phi) is 16.6. The molecule has 11 rings (SSSR count). The van der Waals surface area contributed by atoms with Crippen LogP contribution in [0.5, 0.6) is 23.0 Å². The third kappa shape index (κ3) is 11.4. The number of halogens is 2. The molecule has 0 saturated heterocycles. The summed E-state index contributed by atoms with van der Waals surface area (Å²) in [7, 11) is 0. The molecule has 2 N–H and O–H groups in total. The third-order valence-corrected chi connectivity index (χ3v) is 15.9. The van der Waals surface area contributed by atoms with Gasteiger partial charge in [-0.1, -0.05) is 112 Å². The smallest absolute Gasteiger partial charge is 0.266 e. The normalized spacial score (nSPS) is 12.3. The highest BCUT2D eigenvalue weighted by molar-refractivity contribution is 6.31. The van der Waals surface area contributed by atoms with E-state index in [-0.39, 0.29) is 48.3 Å². The van der Waals surface area contributed by atoms with Gasteiger partial charge in [-0.3, -0.25) is 18.7 Å². The van der Waals surface area contributed by atoms with Crippen molar-refractivity contribution in [2.24, 2.45) is 0 Å². The van der Waals surface area contributed by atoms with Crippen LogP contribution in [0, 0.1) is 0 Å². The van der Waals surface area contributed by atoms with Crippen LogP contribution in [0.2, 0.25) is 10.0 Å². The number of fused-ring (bicyclic) bond motifs is 10. The number of phenolic OH excluding ortho intramolecular Hbond substituents is 2. The predicted molar refractivity (Wildman–Crippen MR) is 332 cm³/mol. The number of para-hydroxylation sites is 2. The molecule has 2 heterocycles. The highest BCUT2D eigenvalue weighted by Crippen LogP contribution is 2.42. The van der Waals surface area contributed by atoms with Gasteiger partial charge in [-0.05, 0) is 169 Å². The Hall–Kier alpha value is -8.18. The van der Waals surface area contributed by atoms with Crippen LogP contribution in [0.4, 0.5) is 0 Å². The molecular formula is C70H66Cl2N4O6. The molecule has 0 fully saturated rings. The van der Waals surface area contributed by atoms with Gasteiger partial charge in [-0.15, -0.1) is 0 Å². The lowest BCUT2D eigenvalue weighted by Crippen LogP contribution is -2.22. The van der Waals surface area contributed by atoms with E-state index in [4.69, 9.17) is 42.6 Å². The monoisotopic (exact) mass is 1130 g/mol. The molecular weight excluding hydrogens is 1060 g/mol. The number of unbranched alkanes of at least 4 members (excludes halogenated alkanes) is 2. The summed E-state index contributed by atoms with van der Waals surface area (Å²) in [6.07, 6.45) is 7.72. The van der Waals surface area contributed by atoms with Crippen LogP contribution >= 0.6 is 23.2 Å². The summed E-state index contributed by atoms with van der Waals surface area (Å²) in [5.41, 5.74) is 11.0. The van der Waals surface area contributed by atoms with E-state index in [2.05, 4.69) is 52.0 Å². The second kappa shape index (κ2) is 24.5. The molecule has 10 aromatic rings. The second-order valence-electron chi connectivity index (χ2n) is 21.5. The van der Waals surface area contributed by atoms with Crippen LogP contribution in [-0.4, -0.2) is 42.5 Å². The van der Waals surface area contributed by atoms with Crippen molar-refractivity contribution in [1.29, 1.82) is 0 Å². The van der Waals surface area contributed by atoms with Crippen molar-refractivity contribution in [2.75, 3.05) is 13.2 Å². The van der Waals surface area contributed by atoms with Crippen molar-refractivity contribution >= 4 is 45.0 Å². The number of ether oxygens (including phenoxy) is 2. The van der Waals surface area contributed by atoms with Crippen molar-refractivity contribution in [2.45, 2.75) is 105 Å². The van der Waals surface area contributed by atoms with E-state index >= 15 is 9.59 Å². The van der Waals surface area contributed by atoms with Gasteiger partial charge in [0.15, 0.2) is 0 Å². The molecule has 0 atom stereocenters. The number of rotatable bonds is 16. The molecule has 0 amide bonds. The fourth-order valence-electron chi connectivity index (χ4n) is 11.4. The maximum Gasteiger partial charge on any atom is 0.266 e. The average molecular weight is 1130 g/mol. The SMILES string of the molecule is CCCCc1cc2c(OCCC)c(c1)Cc1cc(-n3c(-c4ccc(Cl)cc4)nc4ccccc4c3=O)cc(c1O)Cc1cc(CCCC)cc(c1OCCC)Cc1cc(-n3c(-c4ccc(Cl)cc4)nc4ccccc4c3=O)cc(c1O)C2. The molecule has 416 valence electrons. The molecule has 8 aromatic carbocycles. The van der Waals surface area contributed by atoms with Crippen LogP contribution < -0.4 is 20.6 Å². The minimum absolute atomic E-state index is 0.105. The van der Waals surface area contributed by atoms with Crippen molar-refractivity contribution in [3.05, 3.63) is 232 Å². The Morgan fingerprint density at radius 2 is 0.793 bits per heavy atom. The lowest BCUT2D eigenvalue weighted by atomic mass is 9.88. The third-order valence-electron chi connectivity index (χ3n) is 15.4. The Morgan fingerprint density at radius 1 is 0.451 bits per heavy atom. The first-order valence-corrected chi connectivity index (χ1v) is 29.5. The van der Waals surface area contributed by atoms with Gasteiger partial charge in [0.1, 0.15) is 34.6 Å². The van der Waals surface area contributed by atoms with E-state index in [1.165, 1.54) is 0 Å². The van der Waals surface area contributed by atoms with Crippen LogP contribution in [0.1, 0.15) is 122 Å². The number of benzene rings is 8. The van der Waals surface area contributed by atoms with Crippen molar-refractivity contribution in [1.82, 2.24) is 19.1 Å². The Labute approximate surface area is 488 Å². The van der Waals surface area contributed by atoms with Gasteiger partial charge in [-0.25, -0.2) is 9.97 Å². The average Bonchev–Trinajstić information content (AvgIpc) is 2.76. The van der Waals surface area contributed by atoms with Crippen LogP contribution in [0.3, 0.4) is 0 Å². The van der Waals surface area contributed by atoms with Gasteiger partial charge in [0.2, 0.25) is 0 Å². The summed E-state index contributed by atoms with van der Waals surface area (Å²) in [4.78, 5) is 40.7. The fourth-order valence-corrected chi connectivity index (χ4v) is 11.7. The standard InChI is InChI=1S/C70H66Cl2N4O6/c1-5-9-15-43-31-51-35-47-39-57(75-67(45-21-25-55(71)26-22-45)73-61-19-13-11-17-59(61)69(75)79)41-49(63(47)77)37-53-33-44(16-10-6-2)34-54(66(53)82-30-8-4)38-50-42-58(40-48(64(50)78)36-52(32-43)65(51)81-29-7-3)76-68(46-23-27-56(72)28-24-46)74-62-20-14-12-18-60(62)70(76)80/h11-14,17-28,31-34,39-42,77-78H,5-10,15-16,29-30,35-38H2,1-4H3.